The standard InChI is InChI=1S/C19H35NO/c1-7-9-14-20(19(21)18(6)8-2)15-13-17(5)12-10-11-16(3)4/h11,13,18H,7-10,12,14-15H2,1-6H3/b17-13-. The first kappa shape index (κ1) is 19.9. The summed E-state index contributed by atoms with van der Waals surface area (Å²) in [6, 6.07) is 0. The molecule has 1 unspecified atom stereocenters. The number of hydrogen-bond donors (Lipinski definition) is 0. The molecule has 0 aliphatic carbocycles. The van der Waals surface area contributed by atoms with Crippen LogP contribution in [0.5, 0.6) is 0 Å². The summed E-state index contributed by atoms with van der Waals surface area (Å²) in [5.41, 5.74) is 2.75. The smallest absolute Gasteiger partial charge is 0.225 e. The molecule has 0 aromatic carbocycles. The van der Waals surface area contributed by atoms with Crippen LogP contribution in [0.3, 0.4) is 0 Å². The molecule has 0 aromatic rings. The van der Waals surface area contributed by atoms with Gasteiger partial charge in [-0.05, 0) is 46.5 Å². The number of rotatable bonds is 10. The molecule has 0 saturated heterocycles. The minimum absolute atomic E-state index is 0.140. The van der Waals surface area contributed by atoms with Crippen molar-refractivity contribution in [1.29, 1.82) is 0 Å². The maximum atomic E-state index is 12.4. The van der Waals surface area contributed by atoms with E-state index in [0.29, 0.717) is 5.91 Å². The summed E-state index contributed by atoms with van der Waals surface area (Å²) in [5.74, 6) is 0.445. The fraction of sp³-hybridized carbons (Fsp3) is 0.737. The highest BCUT2D eigenvalue weighted by atomic mass is 16.2. The summed E-state index contributed by atoms with van der Waals surface area (Å²) in [5, 5.41) is 0. The van der Waals surface area contributed by atoms with Crippen molar-refractivity contribution in [1.82, 2.24) is 4.90 Å². The summed E-state index contributed by atoms with van der Waals surface area (Å²) >= 11 is 0. The van der Waals surface area contributed by atoms with Gasteiger partial charge >= 0.3 is 0 Å². The fourth-order valence-electron chi connectivity index (χ4n) is 2.08. The molecule has 0 radical (unpaired) electrons. The number of allylic oxidation sites excluding steroid dienone is 3. The van der Waals surface area contributed by atoms with Gasteiger partial charge in [0.05, 0.1) is 0 Å². The normalized spacial score (nSPS) is 13.0. The Labute approximate surface area is 132 Å². The topological polar surface area (TPSA) is 20.3 Å². The number of amides is 1. The van der Waals surface area contributed by atoms with Crippen LogP contribution < -0.4 is 0 Å². The van der Waals surface area contributed by atoms with Crippen molar-refractivity contribution in [2.75, 3.05) is 13.1 Å². The zero-order valence-corrected chi connectivity index (χ0v) is 15.0. The Balaban J connectivity index is 4.51. The first-order chi connectivity index (χ1) is 9.92. The lowest BCUT2D eigenvalue weighted by Gasteiger charge is -2.24. The molecule has 0 bridgehead atoms. The summed E-state index contributed by atoms with van der Waals surface area (Å²) in [6.45, 7) is 14.4. The minimum Gasteiger partial charge on any atom is -0.339 e. The van der Waals surface area contributed by atoms with Crippen molar-refractivity contribution < 1.29 is 4.79 Å². The van der Waals surface area contributed by atoms with Gasteiger partial charge in [0.1, 0.15) is 0 Å². The second-order valence-corrected chi connectivity index (χ2v) is 6.32. The van der Waals surface area contributed by atoms with Crippen molar-refractivity contribution in [3.63, 3.8) is 0 Å². The van der Waals surface area contributed by atoms with Crippen molar-refractivity contribution in [3.8, 4) is 0 Å². The average molecular weight is 293 g/mol. The lowest BCUT2D eigenvalue weighted by atomic mass is 10.1. The van der Waals surface area contributed by atoms with Crippen LogP contribution >= 0.6 is 0 Å². The zero-order valence-electron chi connectivity index (χ0n) is 15.0. The van der Waals surface area contributed by atoms with Crippen LogP contribution in [0.25, 0.3) is 0 Å². The molecule has 0 aliphatic rings. The van der Waals surface area contributed by atoms with Crippen LogP contribution in [-0.2, 0) is 4.79 Å². The predicted octanol–water partition coefficient (Wildman–Crippen LogP) is 5.35. The highest BCUT2D eigenvalue weighted by molar-refractivity contribution is 5.78. The predicted molar refractivity (Wildman–Crippen MR) is 93.4 cm³/mol. The van der Waals surface area contributed by atoms with E-state index in [4.69, 9.17) is 0 Å². The molecule has 0 aliphatic heterocycles. The van der Waals surface area contributed by atoms with Gasteiger partial charge in [0.2, 0.25) is 5.91 Å². The Morgan fingerprint density at radius 1 is 1.14 bits per heavy atom. The second kappa shape index (κ2) is 11.6. The van der Waals surface area contributed by atoms with Crippen LogP contribution in [0.4, 0.5) is 0 Å². The molecular weight excluding hydrogens is 258 g/mol. The third kappa shape index (κ3) is 9.49. The molecule has 0 spiro atoms. The molecule has 21 heavy (non-hydrogen) atoms. The molecule has 0 N–H and O–H groups in total. The van der Waals surface area contributed by atoms with E-state index in [2.05, 4.69) is 46.8 Å². The quantitative estimate of drug-likeness (QED) is 0.497. The molecule has 0 aromatic heterocycles. The fourth-order valence-corrected chi connectivity index (χ4v) is 2.08. The second-order valence-electron chi connectivity index (χ2n) is 6.32. The van der Waals surface area contributed by atoms with Crippen LogP contribution in [-0.4, -0.2) is 23.9 Å². The lowest BCUT2D eigenvalue weighted by Crippen LogP contribution is -2.36. The third-order valence-electron chi connectivity index (χ3n) is 3.88. The Morgan fingerprint density at radius 2 is 1.81 bits per heavy atom. The van der Waals surface area contributed by atoms with E-state index in [-0.39, 0.29) is 5.92 Å². The first-order valence-corrected chi connectivity index (χ1v) is 8.50. The molecule has 122 valence electrons. The Bertz CT molecular complexity index is 351. The van der Waals surface area contributed by atoms with E-state index < -0.39 is 0 Å². The average Bonchev–Trinajstić information content (AvgIpc) is 2.45. The molecule has 0 rings (SSSR count). The molecule has 2 nitrogen and oxygen atoms in total. The number of nitrogens with zero attached hydrogens (tertiary/aromatic N) is 1. The van der Waals surface area contributed by atoms with E-state index >= 15 is 0 Å². The highest BCUT2D eigenvalue weighted by Gasteiger charge is 2.17. The SMILES string of the molecule is CCCCN(C/C=C(/C)CCC=C(C)C)C(=O)C(C)CC. The van der Waals surface area contributed by atoms with Gasteiger partial charge in [-0.15, -0.1) is 0 Å². The van der Waals surface area contributed by atoms with Crippen molar-refractivity contribution in [3.05, 3.63) is 23.3 Å². The van der Waals surface area contributed by atoms with E-state index in [1.165, 1.54) is 11.1 Å². The number of carbonyl (C=O) groups excluding carboxylic acids is 1. The van der Waals surface area contributed by atoms with Crippen LogP contribution in [0.1, 0.15) is 73.6 Å². The highest BCUT2D eigenvalue weighted by Crippen LogP contribution is 2.11. The van der Waals surface area contributed by atoms with Crippen molar-refractivity contribution in [2.24, 2.45) is 5.92 Å². The molecule has 2 heteroatoms. The molecule has 0 fully saturated rings. The van der Waals surface area contributed by atoms with Gasteiger partial charge in [-0.25, -0.2) is 0 Å². The number of unbranched alkanes of at least 4 members (excludes halogenated alkanes) is 1. The monoisotopic (exact) mass is 293 g/mol. The summed E-state index contributed by atoms with van der Waals surface area (Å²) in [7, 11) is 0. The molecule has 1 amide bonds. The van der Waals surface area contributed by atoms with Crippen LogP contribution in [0.2, 0.25) is 0 Å². The van der Waals surface area contributed by atoms with Gasteiger partial charge in [0.25, 0.3) is 0 Å². The van der Waals surface area contributed by atoms with Crippen LogP contribution in [0, 0.1) is 5.92 Å². The summed E-state index contributed by atoms with van der Waals surface area (Å²) in [6.07, 6.45) is 9.83. The third-order valence-corrected chi connectivity index (χ3v) is 3.88. The maximum Gasteiger partial charge on any atom is 0.225 e. The number of hydrogen-bond acceptors (Lipinski definition) is 1. The summed E-state index contributed by atoms with van der Waals surface area (Å²) in [4.78, 5) is 14.4. The molecule has 0 heterocycles. The van der Waals surface area contributed by atoms with E-state index in [1.807, 2.05) is 11.8 Å². The van der Waals surface area contributed by atoms with E-state index in [9.17, 15) is 4.79 Å². The van der Waals surface area contributed by atoms with E-state index in [0.717, 1.165) is 45.2 Å². The minimum atomic E-state index is 0.140. The molecule has 1 atom stereocenters. The van der Waals surface area contributed by atoms with Gasteiger partial charge < -0.3 is 4.90 Å². The van der Waals surface area contributed by atoms with Gasteiger partial charge in [-0.1, -0.05) is 50.5 Å². The largest absolute Gasteiger partial charge is 0.339 e. The first-order valence-electron chi connectivity index (χ1n) is 8.50. The summed E-state index contributed by atoms with van der Waals surface area (Å²) < 4.78 is 0. The van der Waals surface area contributed by atoms with Crippen molar-refractivity contribution in [2.45, 2.75) is 73.6 Å². The zero-order chi connectivity index (χ0) is 16.3. The maximum absolute atomic E-state index is 12.4. The van der Waals surface area contributed by atoms with E-state index in [1.54, 1.807) is 0 Å². The molecule has 0 saturated carbocycles. The van der Waals surface area contributed by atoms with Gasteiger partial charge in [-0.3, -0.25) is 4.79 Å². The van der Waals surface area contributed by atoms with Gasteiger partial charge in [0, 0.05) is 19.0 Å². The van der Waals surface area contributed by atoms with Gasteiger partial charge in [-0.2, -0.15) is 0 Å². The van der Waals surface area contributed by atoms with Gasteiger partial charge in [0.15, 0.2) is 0 Å². The number of carbonyl (C=O) groups is 1. The Morgan fingerprint density at radius 3 is 2.33 bits per heavy atom. The lowest BCUT2D eigenvalue weighted by molar-refractivity contribution is -0.134. The Hall–Kier alpha value is -1.05. The van der Waals surface area contributed by atoms with Crippen LogP contribution in [0.15, 0.2) is 23.3 Å². The van der Waals surface area contributed by atoms with Crippen molar-refractivity contribution >= 4 is 5.91 Å². The Kier molecular flexibility index (Phi) is 11.0. The molecular formula is C19H35NO.